The second kappa shape index (κ2) is 3.90. The van der Waals surface area contributed by atoms with E-state index in [1.807, 2.05) is 4.98 Å². The van der Waals surface area contributed by atoms with Crippen LogP contribution in [0.2, 0.25) is 0 Å². The molecule has 0 fully saturated rings. The summed E-state index contributed by atoms with van der Waals surface area (Å²) in [5.41, 5.74) is -1.60. The quantitative estimate of drug-likeness (QED) is 0.534. The molecule has 0 spiro atoms. The lowest BCUT2D eigenvalue weighted by molar-refractivity contribution is 0.599. The van der Waals surface area contributed by atoms with Crippen molar-refractivity contribution >= 4 is 15.7 Å². The molecule has 0 amide bonds. The molecule has 2 heterocycles. The molecule has 0 aromatic carbocycles. The minimum Gasteiger partial charge on any atom is -0.313 e. The normalized spacial score (nSPS) is 11.3. The van der Waals surface area contributed by atoms with E-state index >= 15 is 0 Å². The van der Waals surface area contributed by atoms with Gasteiger partial charge in [0.05, 0.1) is 11.9 Å². The van der Waals surface area contributed by atoms with Crippen molar-refractivity contribution in [3.8, 4) is 0 Å². The number of aromatic nitrogens is 4. The first kappa shape index (κ1) is 11.1. The highest BCUT2D eigenvalue weighted by atomic mass is 32.2. The highest BCUT2D eigenvalue weighted by molar-refractivity contribution is 7.92. The van der Waals surface area contributed by atoms with Gasteiger partial charge < -0.3 is 4.98 Å². The molecule has 2 aromatic heterocycles. The highest BCUT2D eigenvalue weighted by Crippen LogP contribution is 2.09. The van der Waals surface area contributed by atoms with Crippen molar-refractivity contribution in [2.75, 3.05) is 4.72 Å². The zero-order valence-electron chi connectivity index (χ0n) is 8.22. The summed E-state index contributed by atoms with van der Waals surface area (Å²) in [4.78, 5) is 25.3. The van der Waals surface area contributed by atoms with Gasteiger partial charge in [0.1, 0.15) is 0 Å². The Morgan fingerprint density at radius 2 is 2.00 bits per heavy atom. The van der Waals surface area contributed by atoms with Crippen LogP contribution in [0.1, 0.15) is 0 Å². The first-order chi connectivity index (χ1) is 7.99. The van der Waals surface area contributed by atoms with Gasteiger partial charge in [-0.15, -0.1) is 0 Å². The largest absolute Gasteiger partial charge is 0.325 e. The van der Waals surface area contributed by atoms with E-state index < -0.39 is 26.2 Å². The van der Waals surface area contributed by atoms with Gasteiger partial charge in [0.2, 0.25) is 0 Å². The molecular formula is C7H7N5O4S. The van der Waals surface area contributed by atoms with Crippen molar-refractivity contribution < 1.29 is 8.42 Å². The van der Waals surface area contributed by atoms with Crippen LogP contribution in [-0.2, 0) is 10.0 Å². The van der Waals surface area contributed by atoms with Gasteiger partial charge in [0, 0.05) is 12.4 Å². The molecule has 2 rings (SSSR count). The molecule has 9 nitrogen and oxygen atoms in total. The summed E-state index contributed by atoms with van der Waals surface area (Å²) < 4.78 is 25.6. The molecule has 0 saturated heterocycles. The van der Waals surface area contributed by atoms with Gasteiger partial charge in [-0.25, -0.2) is 13.2 Å². The van der Waals surface area contributed by atoms with Crippen LogP contribution < -0.4 is 16.0 Å². The van der Waals surface area contributed by atoms with Crippen LogP contribution >= 0.6 is 0 Å². The summed E-state index contributed by atoms with van der Waals surface area (Å²) in [5, 5.41) is 5.95. The zero-order valence-corrected chi connectivity index (χ0v) is 9.04. The van der Waals surface area contributed by atoms with E-state index in [2.05, 4.69) is 19.9 Å². The monoisotopic (exact) mass is 257 g/mol. The molecule has 17 heavy (non-hydrogen) atoms. The summed E-state index contributed by atoms with van der Waals surface area (Å²) in [5.74, 6) is 0. The van der Waals surface area contributed by atoms with E-state index in [0.717, 1.165) is 6.20 Å². The fourth-order valence-corrected chi connectivity index (χ4v) is 2.15. The highest BCUT2D eigenvalue weighted by Gasteiger charge is 2.19. The molecule has 10 heteroatoms. The molecule has 0 aliphatic heterocycles. The molecule has 0 radical (unpaired) electrons. The summed E-state index contributed by atoms with van der Waals surface area (Å²) in [6, 6.07) is 0. The summed E-state index contributed by atoms with van der Waals surface area (Å²) in [6.45, 7) is 0. The Hall–Kier alpha value is -2.36. The van der Waals surface area contributed by atoms with Gasteiger partial charge in [-0.1, -0.05) is 0 Å². The molecule has 4 N–H and O–H groups in total. The Kier molecular flexibility index (Phi) is 2.55. The number of anilines is 1. The zero-order chi connectivity index (χ0) is 12.5. The topological polar surface area (TPSA) is 141 Å². The third kappa shape index (κ3) is 2.25. The smallest absolute Gasteiger partial charge is 0.313 e. The summed E-state index contributed by atoms with van der Waals surface area (Å²) in [7, 11) is -4.05. The molecular weight excluding hydrogens is 250 g/mol. The summed E-state index contributed by atoms with van der Waals surface area (Å²) >= 11 is 0. The van der Waals surface area contributed by atoms with Crippen LogP contribution in [-0.4, -0.2) is 28.6 Å². The molecule has 0 aliphatic rings. The Labute approximate surface area is 94.0 Å². The van der Waals surface area contributed by atoms with Crippen LogP contribution in [0.5, 0.6) is 0 Å². The van der Waals surface area contributed by atoms with E-state index in [0.29, 0.717) is 0 Å². The number of sulfonamides is 1. The number of rotatable bonds is 3. The molecule has 0 aliphatic carbocycles. The minimum absolute atomic E-state index is 0.176. The summed E-state index contributed by atoms with van der Waals surface area (Å²) in [6.07, 6.45) is 3.36. The first-order valence-electron chi connectivity index (χ1n) is 4.33. The number of H-pyrrole nitrogens is 3. The fraction of sp³-hybridized carbons (Fsp3) is 0. The third-order valence-electron chi connectivity index (χ3n) is 1.83. The van der Waals surface area contributed by atoms with Crippen LogP contribution in [0, 0.1) is 0 Å². The Bertz CT molecular complexity index is 726. The number of hydrogen-bond acceptors (Lipinski definition) is 5. The molecule has 0 atom stereocenters. The van der Waals surface area contributed by atoms with Gasteiger partial charge in [0.25, 0.3) is 15.6 Å². The lowest BCUT2D eigenvalue weighted by Gasteiger charge is -2.03. The number of nitrogens with zero attached hydrogens (tertiary/aromatic N) is 1. The van der Waals surface area contributed by atoms with Crippen molar-refractivity contribution in [1.82, 2.24) is 20.2 Å². The van der Waals surface area contributed by atoms with Gasteiger partial charge in [-0.2, -0.15) is 5.10 Å². The third-order valence-corrected chi connectivity index (χ3v) is 3.21. The van der Waals surface area contributed by atoms with Crippen LogP contribution in [0.4, 0.5) is 5.69 Å². The maximum absolute atomic E-state index is 11.7. The maximum atomic E-state index is 11.7. The van der Waals surface area contributed by atoms with Crippen LogP contribution in [0.3, 0.4) is 0 Å². The SMILES string of the molecule is O=c1[nH]cc(S(=O)(=O)Nc2cn[nH]c2)c(=O)[nH]1. The molecule has 90 valence electrons. The molecule has 0 unspecified atom stereocenters. The lowest BCUT2D eigenvalue weighted by atomic mass is 10.6. The predicted molar refractivity (Wildman–Crippen MR) is 57.1 cm³/mol. The van der Waals surface area contributed by atoms with E-state index in [-0.39, 0.29) is 5.69 Å². The molecule has 0 saturated carbocycles. The molecule has 0 bridgehead atoms. The van der Waals surface area contributed by atoms with Crippen LogP contribution in [0.15, 0.2) is 33.1 Å². The van der Waals surface area contributed by atoms with Crippen molar-refractivity contribution in [2.45, 2.75) is 4.90 Å². The van der Waals surface area contributed by atoms with E-state index in [1.54, 1.807) is 0 Å². The van der Waals surface area contributed by atoms with Gasteiger partial charge in [-0.3, -0.25) is 19.6 Å². The van der Waals surface area contributed by atoms with Gasteiger partial charge in [-0.05, 0) is 0 Å². The predicted octanol–water partition coefficient (Wildman–Crippen LogP) is -1.41. The standard InChI is InChI=1S/C7H7N5O4S/c13-6-5(3-8-7(14)11-6)17(15,16)12-4-1-9-10-2-4/h1-3,12H,(H,9,10)(H2,8,11,13,14). The minimum atomic E-state index is -4.05. The molecule has 2 aromatic rings. The second-order valence-electron chi connectivity index (χ2n) is 3.03. The van der Waals surface area contributed by atoms with Crippen molar-refractivity contribution in [3.63, 3.8) is 0 Å². The second-order valence-corrected chi connectivity index (χ2v) is 4.68. The van der Waals surface area contributed by atoms with Gasteiger partial charge >= 0.3 is 5.69 Å². The lowest BCUT2D eigenvalue weighted by Crippen LogP contribution is -2.29. The average molecular weight is 257 g/mol. The average Bonchev–Trinajstić information content (AvgIpc) is 2.68. The van der Waals surface area contributed by atoms with Gasteiger partial charge in [0.15, 0.2) is 4.90 Å². The fourth-order valence-electron chi connectivity index (χ4n) is 1.11. The number of aromatic amines is 3. The van der Waals surface area contributed by atoms with E-state index in [9.17, 15) is 18.0 Å². The van der Waals surface area contributed by atoms with Crippen LogP contribution in [0.25, 0.3) is 0 Å². The van der Waals surface area contributed by atoms with Crippen molar-refractivity contribution in [1.29, 1.82) is 0 Å². The number of hydrogen-bond donors (Lipinski definition) is 4. The van der Waals surface area contributed by atoms with Crippen molar-refractivity contribution in [2.24, 2.45) is 0 Å². The Morgan fingerprint density at radius 1 is 1.24 bits per heavy atom. The Balaban J connectivity index is 2.45. The first-order valence-corrected chi connectivity index (χ1v) is 5.81. The Morgan fingerprint density at radius 3 is 2.59 bits per heavy atom. The van der Waals surface area contributed by atoms with E-state index in [1.165, 1.54) is 12.4 Å². The number of nitrogens with one attached hydrogen (secondary N) is 4. The maximum Gasteiger partial charge on any atom is 0.325 e. The van der Waals surface area contributed by atoms with E-state index in [4.69, 9.17) is 0 Å². The van der Waals surface area contributed by atoms with Crippen molar-refractivity contribution in [3.05, 3.63) is 39.4 Å².